The summed E-state index contributed by atoms with van der Waals surface area (Å²) < 4.78 is 0. The van der Waals surface area contributed by atoms with E-state index in [4.69, 9.17) is 0 Å². The Hall–Kier alpha value is -0.651. The van der Waals surface area contributed by atoms with E-state index < -0.39 is 7.92 Å². The van der Waals surface area contributed by atoms with E-state index in [0.29, 0.717) is 6.04 Å². The van der Waals surface area contributed by atoms with Gasteiger partial charge in [0.1, 0.15) is 0 Å². The summed E-state index contributed by atoms with van der Waals surface area (Å²) in [6.45, 7) is 0. The Balaban J connectivity index is 0.000000401. The Morgan fingerprint density at radius 1 is 0.742 bits per heavy atom. The molecule has 3 fully saturated rings. The number of hydrogen-bond acceptors (Lipinski definition) is 1. The van der Waals surface area contributed by atoms with Gasteiger partial charge in [0.25, 0.3) is 0 Å². The summed E-state index contributed by atoms with van der Waals surface area (Å²) in [4.78, 5) is 2.41. The quantitative estimate of drug-likeness (QED) is 0.433. The zero-order valence-corrected chi connectivity index (χ0v) is 20.3. The number of hydrogen-bond donors (Lipinski definition) is 0. The summed E-state index contributed by atoms with van der Waals surface area (Å²) in [7, 11) is 3.95. The largest absolute Gasteiger partial charge is 2.00 e. The molecule has 0 N–H and O–H groups in total. The smallest absolute Gasteiger partial charge is 0.306 e. The first-order valence-electron chi connectivity index (χ1n) is 10.8. The maximum absolute atomic E-state index is 2.41. The molecule has 3 aliphatic carbocycles. The number of rotatable bonds is 4. The Labute approximate surface area is 202 Å². The molecule has 0 amide bonds. The van der Waals surface area contributed by atoms with Gasteiger partial charge >= 0.3 is 17.1 Å². The zero-order valence-electron chi connectivity index (χ0n) is 18.3. The summed E-state index contributed by atoms with van der Waals surface area (Å²) in [5.41, 5.74) is 1.56. The van der Waals surface area contributed by atoms with Gasteiger partial charge in [-0.25, -0.2) is 0 Å². The molecule has 0 saturated heterocycles. The standard InChI is InChI=1S/C23H25NP.C5H5.Fe/c1-24(2)21-15-9-10-18-16-17-22(23(18)21)25(19-11-5-3-6-12-19)20-13-7-4-8-14-20;1-2-4-5-3-1;/h3-8,11-14,16-17,21H,9-10,15H2,1-2H3;1-5H;/q;;+2. The molecule has 1 unspecified atom stereocenters. The Morgan fingerprint density at radius 3 is 1.74 bits per heavy atom. The van der Waals surface area contributed by atoms with Gasteiger partial charge in [-0.1, -0.05) is 67.1 Å². The van der Waals surface area contributed by atoms with Crippen LogP contribution >= 0.6 is 7.92 Å². The van der Waals surface area contributed by atoms with Crippen LogP contribution in [0.15, 0.2) is 60.7 Å². The summed E-state index contributed by atoms with van der Waals surface area (Å²) >= 11 is 0. The van der Waals surface area contributed by atoms with Gasteiger partial charge in [-0.15, -0.1) is 0 Å². The molecule has 158 valence electrons. The maximum Gasteiger partial charge on any atom is 2.00 e. The van der Waals surface area contributed by atoms with E-state index in [-0.39, 0.29) is 17.1 Å². The molecule has 5 rings (SSSR count). The SMILES string of the molecule is CN(C)C1CCC[C]2[CH][CH][C](P(c3ccccc3)c3ccccc3)[C]21.[CH]1[CH][CH][CH][CH]1.[Fe+2]. The van der Waals surface area contributed by atoms with E-state index >= 15 is 0 Å². The zero-order chi connectivity index (χ0) is 20.8. The molecule has 2 aromatic rings. The van der Waals surface area contributed by atoms with Crippen LogP contribution in [0.1, 0.15) is 19.3 Å². The maximum atomic E-state index is 2.41. The first kappa shape index (κ1) is 25.0. The monoisotopic (exact) mass is 467 g/mol. The average molecular weight is 467 g/mol. The number of fused-ring (bicyclic) bond motifs is 1. The van der Waals surface area contributed by atoms with Crippen molar-refractivity contribution in [2.24, 2.45) is 0 Å². The van der Waals surface area contributed by atoms with Gasteiger partial charge < -0.3 is 4.90 Å². The average Bonchev–Trinajstić information content (AvgIpc) is 3.49. The fourth-order valence-electron chi connectivity index (χ4n) is 4.37. The molecule has 2 aromatic carbocycles. The van der Waals surface area contributed by atoms with E-state index in [0.717, 1.165) is 0 Å². The second-order valence-corrected chi connectivity index (χ2v) is 10.2. The third-order valence-corrected chi connectivity index (χ3v) is 8.27. The summed E-state index contributed by atoms with van der Waals surface area (Å²) in [6, 6.07) is 22.7. The molecule has 0 spiro atoms. The van der Waals surface area contributed by atoms with E-state index in [9.17, 15) is 0 Å². The van der Waals surface area contributed by atoms with Crippen LogP contribution < -0.4 is 10.6 Å². The van der Waals surface area contributed by atoms with Crippen LogP contribution in [0.3, 0.4) is 0 Å². The molecule has 31 heavy (non-hydrogen) atoms. The molecular weight excluding hydrogens is 437 g/mol. The normalized spacial score (nSPS) is 22.1. The van der Waals surface area contributed by atoms with Crippen molar-refractivity contribution >= 4 is 18.5 Å². The van der Waals surface area contributed by atoms with Crippen LogP contribution in [-0.4, -0.2) is 25.0 Å². The second-order valence-electron chi connectivity index (χ2n) is 8.00. The van der Waals surface area contributed by atoms with Crippen molar-refractivity contribution in [2.75, 3.05) is 14.1 Å². The first-order valence-corrected chi connectivity index (χ1v) is 12.1. The van der Waals surface area contributed by atoms with Crippen molar-refractivity contribution in [1.82, 2.24) is 4.90 Å². The van der Waals surface area contributed by atoms with Crippen molar-refractivity contribution in [3.05, 3.63) is 123 Å². The summed E-state index contributed by atoms with van der Waals surface area (Å²) in [6.07, 6.45) is 18.6. The predicted molar refractivity (Wildman–Crippen MR) is 130 cm³/mol. The molecular formula is C28H30FeNP+2. The number of nitrogens with zero attached hydrogens (tertiary/aromatic N) is 1. The molecule has 0 heterocycles. The Morgan fingerprint density at radius 2 is 1.26 bits per heavy atom. The Bertz CT molecular complexity index is 699. The molecule has 10 radical (unpaired) electrons. The van der Waals surface area contributed by atoms with Gasteiger partial charge in [0.2, 0.25) is 0 Å². The molecule has 3 aliphatic rings. The first-order chi connectivity index (χ1) is 14.8. The van der Waals surface area contributed by atoms with Crippen molar-refractivity contribution in [3.63, 3.8) is 0 Å². The molecule has 0 aliphatic heterocycles. The van der Waals surface area contributed by atoms with Gasteiger partial charge in [0.15, 0.2) is 0 Å². The third-order valence-electron chi connectivity index (χ3n) is 5.77. The predicted octanol–water partition coefficient (Wildman–Crippen LogP) is 5.36. The van der Waals surface area contributed by atoms with E-state index in [1.54, 1.807) is 17.5 Å². The van der Waals surface area contributed by atoms with E-state index in [2.05, 4.69) is 92.5 Å². The molecule has 0 aromatic heterocycles. The molecule has 0 bridgehead atoms. The Kier molecular flexibility index (Phi) is 10.1. The van der Waals surface area contributed by atoms with Crippen LogP contribution in [0.25, 0.3) is 0 Å². The van der Waals surface area contributed by atoms with Gasteiger partial charge in [0.05, 0.1) is 0 Å². The topological polar surface area (TPSA) is 3.24 Å². The van der Waals surface area contributed by atoms with Crippen molar-refractivity contribution in [2.45, 2.75) is 25.3 Å². The van der Waals surface area contributed by atoms with Crippen molar-refractivity contribution < 1.29 is 17.1 Å². The molecule has 1 nitrogen and oxygen atoms in total. The summed E-state index contributed by atoms with van der Waals surface area (Å²) in [5.74, 6) is 3.18. The van der Waals surface area contributed by atoms with E-state index in [1.807, 2.05) is 32.1 Å². The van der Waals surface area contributed by atoms with Gasteiger partial charge in [0, 0.05) is 17.6 Å². The van der Waals surface area contributed by atoms with E-state index in [1.165, 1.54) is 29.9 Å². The van der Waals surface area contributed by atoms with Gasteiger partial charge in [-0.2, -0.15) is 0 Å². The summed E-state index contributed by atoms with van der Waals surface area (Å²) in [5, 5.41) is 2.89. The third kappa shape index (κ3) is 6.23. The molecule has 1 atom stereocenters. The van der Waals surface area contributed by atoms with Gasteiger partial charge in [-0.3, -0.25) is 0 Å². The van der Waals surface area contributed by atoms with Crippen molar-refractivity contribution in [1.29, 1.82) is 0 Å². The van der Waals surface area contributed by atoms with Crippen LogP contribution in [0.2, 0.25) is 0 Å². The fourth-order valence-corrected chi connectivity index (χ4v) is 6.92. The van der Waals surface area contributed by atoms with Crippen LogP contribution in [0.4, 0.5) is 0 Å². The molecule has 3 saturated carbocycles. The minimum Gasteiger partial charge on any atom is -0.306 e. The van der Waals surface area contributed by atoms with Crippen LogP contribution in [-0.2, 0) is 17.1 Å². The number of benzene rings is 2. The molecule has 3 heteroatoms. The van der Waals surface area contributed by atoms with Gasteiger partial charge in [-0.05, 0) is 96.3 Å². The van der Waals surface area contributed by atoms with Crippen LogP contribution in [0, 0.1) is 62.4 Å². The van der Waals surface area contributed by atoms with Crippen molar-refractivity contribution in [3.8, 4) is 0 Å². The minimum atomic E-state index is -0.502. The fraction of sp³-hybridized carbons (Fsp3) is 0.214. The minimum absolute atomic E-state index is 0. The van der Waals surface area contributed by atoms with Crippen LogP contribution in [0.5, 0.6) is 0 Å². The second kappa shape index (κ2) is 12.6.